The summed E-state index contributed by atoms with van der Waals surface area (Å²) >= 11 is 6.03. The van der Waals surface area contributed by atoms with Crippen LogP contribution in [0, 0.1) is 17.2 Å². The molecule has 6 nitrogen and oxygen atoms in total. The summed E-state index contributed by atoms with van der Waals surface area (Å²) in [5.41, 5.74) is 0.767. The van der Waals surface area contributed by atoms with E-state index < -0.39 is 11.9 Å². The van der Waals surface area contributed by atoms with Crippen molar-refractivity contribution in [3.05, 3.63) is 46.6 Å². The summed E-state index contributed by atoms with van der Waals surface area (Å²) in [6, 6.07) is 9.05. The Labute approximate surface area is 145 Å². The number of piperidine rings is 1. The highest BCUT2D eigenvalue weighted by Crippen LogP contribution is 2.18. The Morgan fingerprint density at radius 2 is 2.04 bits per heavy atom. The summed E-state index contributed by atoms with van der Waals surface area (Å²) < 4.78 is 0. The number of carboxylic acids is 1. The number of benzene rings is 1. The summed E-state index contributed by atoms with van der Waals surface area (Å²) in [7, 11) is 0. The molecule has 0 radical (unpaired) electrons. The normalized spacial score (nSPS) is 15.7. The first-order valence-electron chi connectivity index (χ1n) is 7.61. The van der Waals surface area contributed by atoms with E-state index in [9.17, 15) is 14.9 Å². The molecule has 1 aromatic carbocycles. The summed E-state index contributed by atoms with van der Waals surface area (Å²) in [6.45, 7) is 1.26. The average Bonchev–Trinajstić information content (AvgIpc) is 2.59. The Morgan fingerprint density at radius 3 is 2.62 bits per heavy atom. The Kier molecular flexibility index (Phi) is 6.21. The maximum Gasteiger partial charge on any atom is 0.306 e. The molecule has 0 aromatic heterocycles. The predicted molar refractivity (Wildman–Crippen MR) is 88.9 cm³/mol. The van der Waals surface area contributed by atoms with Crippen LogP contribution < -0.4 is 5.32 Å². The van der Waals surface area contributed by atoms with Crippen molar-refractivity contribution in [2.45, 2.75) is 19.4 Å². The Bertz CT molecular complexity index is 689. The molecule has 1 amide bonds. The van der Waals surface area contributed by atoms with E-state index in [4.69, 9.17) is 16.7 Å². The molecule has 2 rings (SSSR count). The van der Waals surface area contributed by atoms with Crippen LogP contribution in [0.5, 0.6) is 0 Å². The van der Waals surface area contributed by atoms with E-state index in [1.54, 1.807) is 18.2 Å². The lowest BCUT2D eigenvalue weighted by molar-refractivity contribution is -0.143. The first-order chi connectivity index (χ1) is 11.5. The van der Waals surface area contributed by atoms with Gasteiger partial charge in [-0.1, -0.05) is 29.8 Å². The third-order valence-corrected chi connectivity index (χ3v) is 4.32. The number of carboxylic acid groups (broad SMARTS) is 1. The number of hydrogen-bond donors (Lipinski definition) is 2. The number of carbonyl (C=O) groups excluding carboxylic acids is 1. The van der Waals surface area contributed by atoms with E-state index in [-0.39, 0.29) is 18.0 Å². The van der Waals surface area contributed by atoms with Crippen LogP contribution in [0.4, 0.5) is 0 Å². The quantitative estimate of drug-likeness (QED) is 0.629. The van der Waals surface area contributed by atoms with Crippen LogP contribution in [0.3, 0.4) is 0 Å². The van der Waals surface area contributed by atoms with Crippen LogP contribution in [-0.4, -0.2) is 35.0 Å². The number of nitrogens with zero attached hydrogens (tertiary/aromatic N) is 2. The molecular weight excluding hydrogens is 330 g/mol. The highest BCUT2D eigenvalue weighted by Gasteiger charge is 2.24. The molecule has 0 aliphatic carbocycles. The lowest BCUT2D eigenvalue weighted by atomic mass is 9.97. The number of halogens is 1. The Hall–Kier alpha value is -2.52. The monoisotopic (exact) mass is 347 g/mol. The molecule has 1 saturated heterocycles. The van der Waals surface area contributed by atoms with Crippen LogP contribution in [-0.2, 0) is 16.1 Å². The lowest BCUT2D eigenvalue weighted by Gasteiger charge is -2.29. The molecule has 0 unspecified atom stereocenters. The molecule has 1 aromatic rings. The van der Waals surface area contributed by atoms with Crippen molar-refractivity contribution in [1.82, 2.24) is 10.2 Å². The largest absolute Gasteiger partial charge is 0.481 e. The van der Waals surface area contributed by atoms with Crippen molar-refractivity contribution in [3.63, 3.8) is 0 Å². The lowest BCUT2D eigenvalue weighted by Crippen LogP contribution is -2.34. The number of hydrogen-bond acceptors (Lipinski definition) is 4. The summed E-state index contributed by atoms with van der Waals surface area (Å²) in [5, 5.41) is 21.4. The zero-order valence-corrected chi connectivity index (χ0v) is 13.8. The number of carbonyl (C=O) groups is 2. The van der Waals surface area contributed by atoms with Gasteiger partial charge in [-0.15, -0.1) is 0 Å². The molecule has 0 spiro atoms. The van der Waals surface area contributed by atoms with Gasteiger partial charge in [0, 0.05) is 30.9 Å². The van der Waals surface area contributed by atoms with Gasteiger partial charge >= 0.3 is 5.97 Å². The molecule has 1 heterocycles. The Morgan fingerprint density at radius 1 is 1.38 bits per heavy atom. The van der Waals surface area contributed by atoms with Gasteiger partial charge in [0.05, 0.1) is 5.92 Å². The molecule has 24 heavy (non-hydrogen) atoms. The van der Waals surface area contributed by atoms with Gasteiger partial charge in [0.15, 0.2) is 0 Å². The van der Waals surface area contributed by atoms with Gasteiger partial charge in [-0.3, -0.25) is 9.59 Å². The number of rotatable bonds is 5. The molecule has 0 atom stereocenters. The van der Waals surface area contributed by atoms with E-state index in [1.807, 2.05) is 17.0 Å². The van der Waals surface area contributed by atoms with E-state index in [2.05, 4.69) is 5.32 Å². The fourth-order valence-corrected chi connectivity index (χ4v) is 2.71. The highest BCUT2D eigenvalue weighted by molar-refractivity contribution is 6.31. The second-order valence-corrected chi connectivity index (χ2v) is 5.98. The first-order valence-corrected chi connectivity index (χ1v) is 7.99. The molecule has 7 heteroatoms. The van der Waals surface area contributed by atoms with Crippen LogP contribution in [0.15, 0.2) is 36.0 Å². The minimum Gasteiger partial charge on any atom is -0.481 e. The van der Waals surface area contributed by atoms with Crippen molar-refractivity contribution in [1.29, 1.82) is 5.26 Å². The van der Waals surface area contributed by atoms with Crippen LogP contribution >= 0.6 is 11.6 Å². The van der Waals surface area contributed by atoms with Crippen molar-refractivity contribution >= 4 is 23.5 Å². The predicted octanol–water partition coefficient (Wildman–Crippen LogP) is 2.16. The van der Waals surface area contributed by atoms with E-state index in [0.29, 0.717) is 31.0 Å². The second-order valence-electron chi connectivity index (χ2n) is 5.58. The molecule has 0 bridgehead atoms. The van der Waals surface area contributed by atoms with Crippen molar-refractivity contribution < 1.29 is 14.7 Å². The number of nitriles is 1. The van der Waals surface area contributed by atoms with Gasteiger partial charge in [0.1, 0.15) is 11.6 Å². The zero-order chi connectivity index (χ0) is 17.5. The maximum atomic E-state index is 12.1. The number of aliphatic carboxylic acids is 1. The Balaban J connectivity index is 1.93. The molecule has 1 aliphatic heterocycles. The van der Waals surface area contributed by atoms with E-state index >= 15 is 0 Å². The van der Waals surface area contributed by atoms with E-state index in [0.717, 1.165) is 5.56 Å². The fraction of sp³-hybridized carbons (Fsp3) is 0.353. The highest BCUT2D eigenvalue weighted by atomic mass is 35.5. The molecule has 0 saturated carbocycles. The van der Waals surface area contributed by atoms with Crippen molar-refractivity contribution in [2.75, 3.05) is 13.1 Å². The molecule has 126 valence electrons. The molecule has 1 fully saturated rings. The van der Waals surface area contributed by atoms with Gasteiger partial charge in [0.2, 0.25) is 0 Å². The molecular formula is C17H18ClN3O3. The van der Waals surface area contributed by atoms with Crippen LogP contribution in [0.2, 0.25) is 5.02 Å². The smallest absolute Gasteiger partial charge is 0.306 e. The van der Waals surface area contributed by atoms with Gasteiger partial charge in [-0.25, -0.2) is 0 Å². The standard InChI is InChI=1S/C17H18ClN3O3/c18-15-4-2-1-3-13(15)10-20-16(22)14(9-19)11-21-7-5-12(6-8-21)17(23)24/h1-4,11-12H,5-8,10H2,(H,20,22)(H,23,24)/b14-11-. The fourth-order valence-electron chi connectivity index (χ4n) is 2.51. The number of amides is 1. The van der Waals surface area contributed by atoms with Crippen molar-refractivity contribution in [3.8, 4) is 6.07 Å². The molecule has 1 aliphatic rings. The number of likely N-dealkylation sites (tertiary alicyclic amines) is 1. The van der Waals surface area contributed by atoms with Gasteiger partial charge in [-0.05, 0) is 24.5 Å². The van der Waals surface area contributed by atoms with Crippen molar-refractivity contribution in [2.24, 2.45) is 5.92 Å². The average molecular weight is 348 g/mol. The SMILES string of the molecule is N#C/C(=C/N1CCC(C(=O)O)CC1)C(=O)NCc1ccccc1Cl. The van der Waals surface area contributed by atoms with Crippen LogP contribution in [0.25, 0.3) is 0 Å². The minimum atomic E-state index is -0.795. The first kappa shape index (κ1) is 17.8. The van der Waals surface area contributed by atoms with Gasteiger partial charge in [-0.2, -0.15) is 5.26 Å². The second kappa shape index (κ2) is 8.37. The van der Waals surface area contributed by atoms with Crippen LogP contribution in [0.1, 0.15) is 18.4 Å². The van der Waals surface area contributed by atoms with Gasteiger partial charge < -0.3 is 15.3 Å². The van der Waals surface area contributed by atoms with E-state index in [1.165, 1.54) is 6.20 Å². The summed E-state index contributed by atoms with van der Waals surface area (Å²) in [6.07, 6.45) is 2.51. The maximum absolute atomic E-state index is 12.1. The third kappa shape index (κ3) is 4.74. The molecule has 2 N–H and O–H groups in total. The third-order valence-electron chi connectivity index (χ3n) is 3.95. The summed E-state index contributed by atoms with van der Waals surface area (Å²) in [5.74, 6) is -1.62. The summed E-state index contributed by atoms with van der Waals surface area (Å²) in [4.78, 5) is 24.9. The van der Waals surface area contributed by atoms with Gasteiger partial charge in [0.25, 0.3) is 5.91 Å². The topological polar surface area (TPSA) is 93.4 Å². The number of nitrogens with one attached hydrogen (secondary N) is 1. The minimum absolute atomic E-state index is 0.00386. The zero-order valence-electron chi connectivity index (χ0n) is 13.0.